The van der Waals surface area contributed by atoms with E-state index in [2.05, 4.69) is 24.8 Å². The maximum atomic E-state index is 13.3. The molecule has 3 N–H and O–H groups in total. The lowest BCUT2D eigenvalue weighted by molar-refractivity contribution is -0.286. The molecule has 34 heavy (non-hydrogen) atoms. The van der Waals surface area contributed by atoms with Gasteiger partial charge in [0.25, 0.3) is 5.56 Å². The topological polar surface area (TPSA) is 131 Å². The van der Waals surface area contributed by atoms with Crippen LogP contribution >= 0.6 is 0 Å². The van der Waals surface area contributed by atoms with E-state index in [0.29, 0.717) is 35.2 Å². The number of carbonyl (C=O) groups is 2. The SMILES string of the molecule is Cc1ccc(NC(=O)C2(c3ccc4c(c3)OC(F)(F)O4)CC2)nc1-c1c[nH]c(=O)c(C(=O)O)c1. The van der Waals surface area contributed by atoms with Gasteiger partial charge in [0, 0.05) is 11.8 Å². The number of carboxylic acid groups (broad SMARTS) is 1. The molecule has 1 aromatic carbocycles. The van der Waals surface area contributed by atoms with Gasteiger partial charge in [-0.05, 0) is 55.2 Å². The van der Waals surface area contributed by atoms with E-state index in [1.54, 1.807) is 25.1 Å². The summed E-state index contributed by atoms with van der Waals surface area (Å²) < 4.78 is 35.6. The summed E-state index contributed by atoms with van der Waals surface area (Å²) in [7, 11) is 0. The molecule has 1 amide bonds. The van der Waals surface area contributed by atoms with Gasteiger partial charge in [0.1, 0.15) is 11.4 Å². The van der Waals surface area contributed by atoms with E-state index in [1.165, 1.54) is 24.4 Å². The second-order valence-electron chi connectivity index (χ2n) is 8.16. The highest BCUT2D eigenvalue weighted by Crippen LogP contribution is 2.52. The van der Waals surface area contributed by atoms with Crippen molar-refractivity contribution in [1.82, 2.24) is 9.97 Å². The zero-order valence-electron chi connectivity index (χ0n) is 17.6. The van der Waals surface area contributed by atoms with Gasteiger partial charge in [-0.2, -0.15) is 0 Å². The molecular formula is C23H17F2N3O6. The van der Waals surface area contributed by atoms with Crippen LogP contribution < -0.4 is 20.3 Å². The molecule has 1 aliphatic heterocycles. The molecule has 9 nitrogen and oxygen atoms in total. The Balaban J connectivity index is 1.42. The number of fused-ring (bicyclic) bond motifs is 1. The number of halogens is 2. The van der Waals surface area contributed by atoms with Crippen molar-refractivity contribution in [1.29, 1.82) is 0 Å². The summed E-state index contributed by atoms with van der Waals surface area (Å²) in [6, 6.07) is 8.79. The third-order valence-electron chi connectivity index (χ3n) is 5.88. The van der Waals surface area contributed by atoms with Crippen molar-refractivity contribution in [3.05, 3.63) is 69.6 Å². The van der Waals surface area contributed by atoms with Gasteiger partial charge in [-0.3, -0.25) is 9.59 Å². The molecule has 0 atom stereocenters. The Bertz CT molecular complexity index is 1410. The molecule has 5 rings (SSSR count). The molecule has 0 saturated heterocycles. The number of aromatic nitrogens is 2. The number of H-pyrrole nitrogens is 1. The molecule has 3 aromatic rings. The van der Waals surface area contributed by atoms with Crippen LogP contribution in [0.25, 0.3) is 11.3 Å². The Morgan fingerprint density at radius 2 is 1.85 bits per heavy atom. The minimum Gasteiger partial charge on any atom is -0.477 e. The van der Waals surface area contributed by atoms with Crippen molar-refractivity contribution in [3.63, 3.8) is 0 Å². The zero-order valence-corrected chi connectivity index (χ0v) is 17.6. The number of benzene rings is 1. The lowest BCUT2D eigenvalue weighted by Crippen LogP contribution is -2.28. The molecule has 0 radical (unpaired) electrons. The van der Waals surface area contributed by atoms with Crippen LogP contribution in [0.5, 0.6) is 11.5 Å². The second-order valence-corrected chi connectivity index (χ2v) is 8.16. The van der Waals surface area contributed by atoms with Crippen molar-refractivity contribution in [2.24, 2.45) is 0 Å². The van der Waals surface area contributed by atoms with E-state index in [0.717, 1.165) is 0 Å². The average molecular weight is 469 g/mol. The number of nitrogens with zero attached hydrogens (tertiary/aromatic N) is 1. The van der Waals surface area contributed by atoms with Gasteiger partial charge in [0.15, 0.2) is 11.5 Å². The number of ether oxygens (including phenoxy) is 2. The number of pyridine rings is 2. The Morgan fingerprint density at radius 3 is 2.56 bits per heavy atom. The smallest absolute Gasteiger partial charge is 0.477 e. The van der Waals surface area contributed by atoms with Crippen LogP contribution in [0.15, 0.2) is 47.4 Å². The van der Waals surface area contributed by atoms with Crippen LogP contribution in [0.2, 0.25) is 0 Å². The molecule has 1 fully saturated rings. The molecule has 3 heterocycles. The number of alkyl halides is 2. The number of rotatable bonds is 5. The number of carboxylic acids is 1. The van der Waals surface area contributed by atoms with E-state index >= 15 is 0 Å². The predicted octanol–water partition coefficient (Wildman–Crippen LogP) is 3.44. The summed E-state index contributed by atoms with van der Waals surface area (Å²) >= 11 is 0. The molecule has 0 bridgehead atoms. The molecule has 0 spiro atoms. The number of nitrogens with one attached hydrogen (secondary N) is 2. The van der Waals surface area contributed by atoms with Gasteiger partial charge < -0.3 is 24.9 Å². The van der Waals surface area contributed by atoms with Gasteiger partial charge in [0.05, 0.1) is 11.1 Å². The first kappa shape index (κ1) is 21.6. The Labute approximate surface area is 190 Å². The lowest BCUT2D eigenvalue weighted by Gasteiger charge is -2.17. The summed E-state index contributed by atoms with van der Waals surface area (Å²) in [5.41, 5.74) is -0.135. The highest BCUT2D eigenvalue weighted by atomic mass is 19.3. The molecule has 1 saturated carbocycles. The quantitative estimate of drug-likeness (QED) is 0.522. The van der Waals surface area contributed by atoms with Crippen molar-refractivity contribution in [2.45, 2.75) is 31.5 Å². The van der Waals surface area contributed by atoms with Gasteiger partial charge >= 0.3 is 12.3 Å². The van der Waals surface area contributed by atoms with Crippen molar-refractivity contribution in [3.8, 4) is 22.8 Å². The van der Waals surface area contributed by atoms with E-state index in [1.807, 2.05) is 0 Å². The van der Waals surface area contributed by atoms with Crippen LogP contribution in [-0.2, 0) is 10.2 Å². The predicted molar refractivity (Wildman–Crippen MR) is 114 cm³/mol. The maximum Gasteiger partial charge on any atom is 0.586 e. The van der Waals surface area contributed by atoms with Gasteiger partial charge in [-0.25, -0.2) is 9.78 Å². The fourth-order valence-corrected chi connectivity index (χ4v) is 3.92. The van der Waals surface area contributed by atoms with E-state index in [9.17, 15) is 28.3 Å². The summed E-state index contributed by atoms with van der Waals surface area (Å²) in [4.78, 5) is 43.0. The lowest BCUT2D eigenvalue weighted by atomic mass is 9.94. The summed E-state index contributed by atoms with van der Waals surface area (Å²) in [6.45, 7) is 1.75. The first-order chi connectivity index (χ1) is 16.1. The zero-order chi connectivity index (χ0) is 24.3. The largest absolute Gasteiger partial charge is 0.586 e. The summed E-state index contributed by atoms with van der Waals surface area (Å²) in [5.74, 6) is -1.76. The van der Waals surface area contributed by atoms with E-state index in [-0.39, 0.29) is 23.2 Å². The number of amides is 1. The monoisotopic (exact) mass is 469 g/mol. The molecule has 2 aliphatic rings. The van der Waals surface area contributed by atoms with Gasteiger partial charge in [0.2, 0.25) is 5.91 Å². The number of aryl methyl sites for hydroxylation is 1. The minimum absolute atomic E-state index is 0.101. The number of anilines is 1. The van der Waals surface area contributed by atoms with Crippen molar-refractivity contribution < 1.29 is 33.0 Å². The highest BCUT2D eigenvalue weighted by molar-refractivity contribution is 6.01. The highest BCUT2D eigenvalue weighted by Gasteiger charge is 2.53. The normalized spacial score (nSPS) is 16.7. The van der Waals surface area contributed by atoms with Gasteiger partial charge in [-0.15, -0.1) is 8.78 Å². The first-order valence-corrected chi connectivity index (χ1v) is 10.2. The molecule has 2 aromatic heterocycles. The maximum absolute atomic E-state index is 13.3. The Morgan fingerprint density at radius 1 is 1.12 bits per heavy atom. The van der Waals surface area contributed by atoms with Gasteiger partial charge in [-0.1, -0.05) is 12.1 Å². The van der Waals surface area contributed by atoms with E-state index < -0.39 is 28.8 Å². The second kappa shape index (κ2) is 7.37. The first-order valence-electron chi connectivity index (χ1n) is 10.2. The number of aromatic carboxylic acids is 1. The van der Waals surface area contributed by atoms with Crippen LogP contribution in [0, 0.1) is 6.92 Å². The standard InChI is InChI=1S/C23H17F2N3O6/c1-11-2-5-17(27-18(11)12-8-14(20(30)31)19(29)26-10-12)28-21(32)22(6-7-22)13-3-4-15-16(9-13)34-23(24,25)33-15/h2-5,8-10H,6-7H2,1H3,(H,26,29)(H,30,31)(H,27,28,32). The Hall–Kier alpha value is -4.28. The summed E-state index contributed by atoms with van der Waals surface area (Å²) in [5, 5.41) is 12.0. The molecule has 174 valence electrons. The van der Waals surface area contributed by atoms with Crippen LogP contribution in [-0.4, -0.2) is 33.2 Å². The summed E-state index contributed by atoms with van der Waals surface area (Å²) in [6.07, 6.45) is -1.38. The van der Waals surface area contributed by atoms with Crippen molar-refractivity contribution >= 4 is 17.7 Å². The number of aromatic amines is 1. The average Bonchev–Trinajstić information content (AvgIpc) is 3.52. The fourth-order valence-electron chi connectivity index (χ4n) is 3.92. The molecular weight excluding hydrogens is 452 g/mol. The van der Waals surface area contributed by atoms with E-state index in [4.69, 9.17) is 0 Å². The number of hydrogen-bond acceptors (Lipinski definition) is 6. The number of hydrogen-bond donors (Lipinski definition) is 3. The van der Waals surface area contributed by atoms with Crippen molar-refractivity contribution in [2.75, 3.05) is 5.32 Å². The third-order valence-corrected chi connectivity index (χ3v) is 5.88. The molecule has 1 aliphatic carbocycles. The van der Waals surface area contributed by atoms with Crippen LogP contribution in [0.3, 0.4) is 0 Å². The molecule has 11 heteroatoms. The fraction of sp³-hybridized carbons (Fsp3) is 0.217. The van der Waals surface area contributed by atoms with Crippen LogP contribution in [0.1, 0.15) is 34.3 Å². The molecule has 0 unspecified atom stereocenters. The Kier molecular flexibility index (Phi) is 4.67. The van der Waals surface area contributed by atoms with Crippen LogP contribution in [0.4, 0.5) is 14.6 Å². The third kappa shape index (κ3) is 3.64. The number of carbonyl (C=O) groups excluding carboxylic acids is 1. The minimum atomic E-state index is -3.75.